The highest BCUT2D eigenvalue weighted by Gasteiger charge is 2.22. The number of halogens is 1. The van der Waals surface area contributed by atoms with Gasteiger partial charge in [0.2, 0.25) is 5.91 Å². The second-order valence-electron chi connectivity index (χ2n) is 5.37. The first-order chi connectivity index (χ1) is 10.7. The molecule has 0 aromatic heterocycles. The standard InChI is InChI=1S/C17H17FN2O2/c18-12-6-4-11-5-7-16(15(11)8-12)19-13-2-1-3-14(9-13)20-17(22)10-21/h1-4,6,8-9,16,19,21H,5,7,10H2,(H,20,22). The first kappa shape index (κ1) is 14.5. The number of nitrogens with one attached hydrogen (secondary N) is 2. The van der Waals surface area contributed by atoms with Gasteiger partial charge in [0, 0.05) is 11.4 Å². The minimum Gasteiger partial charge on any atom is -0.387 e. The van der Waals surface area contributed by atoms with Crippen LogP contribution >= 0.6 is 0 Å². The van der Waals surface area contributed by atoms with E-state index in [4.69, 9.17) is 5.11 Å². The highest BCUT2D eigenvalue weighted by Crippen LogP contribution is 2.34. The van der Waals surface area contributed by atoms with E-state index >= 15 is 0 Å². The van der Waals surface area contributed by atoms with Crippen molar-refractivity contribution in [2.24, 2.45) is 0 Å². The van der Waals surface area contributed by atoms with Crippen LogP contribution in [0.4, 0.5) is 15.8 Å². The molecule has 3 N–H and O–H groups in total. The summed E-state index contributed by atoms with van der Waals surface area (Å²) >= 11 is 0. The Balaban J connectivity index is 1.76. The molecule has 4 nitrogen and oxygen atoms in total. The van der Waals surface area contributed by atoms with Crippen LogP contribution in [0.2, 0.25) is 0 Å². The number of aryl methyl sites for hydroxylation is 1. The molecule has 1 atom stereocenters. The number of aliphatic hydroxyl groups excluding tert-OH is 1. The molecule has 0 bridgehead atoms. The number of amides is 1. The zero-order chi connectivity index (χ0) is 15.5. The lowest BCUT2D eigenvalue weighted by Gasteiger charge is -2.16. The lowest BCUT2D eigenvalue weighted by atomic mass is 10.1. The molecule has 1 aliphatic carbocycles. The lowest BCUT2D eigenvalue weighted by molar-refractivity contribution is -0.118. The minimum atomic E-state index is -0.549. The van der Waals surface area contributed by atoms with Crippen LogP contribution in [0.15, 0.2) is 42.5 Å². The number of anilines is 2. The molecule has 1 unspecified atom stereocenters. The van der Waals surface area contributed by atoms with Crippen molar-refractivity contribution >= 4 is 17.3 Å². The summed E-state index contributed by atoms with van der Waals surface area (Å²) in [6, 6.07) is 12.2. The highest BCUT2D eigenvalue weighted by atomic mass is 19.1. The number of fused-ring (bicyclic) bond motifs is 1. The largest absolute Gasteiger partial charge is 0.387 e. The third-order valence-electron chi connectivity index (χ3n) is 3.82. The van der Waals surface area contributed by atoms with E-state index in [1.807, 2.05) is 18.2 Å². The molecule has 0 radical (unpaired) electrons. The fourth-order valence-corrected chi connectivity index (χ4v) is 2.81. The smallest absolute Gasteiger partial charge is 0.250 e. The summed E-state index contributed by atoms with van der Waals surface area (Å²) in [5, 5.41) is 14.7. The van der Waals surface area contributed by atoms with Gasteiger partial charge in [-0.25, -0.2) is 4.39 Å². The van der Waals surface area contributed by atoms with Crippen molar-refractivity contribution in [3.63, 3.8) is 0 Å². The Kier molecular flexibility index (Phi) is 4.06. The summed E-state index contributed by atoms with van der Waals surface area (Å²) in [4.78, 5) is 11.2. The fourth-order valence-electron chi connectivity index (χ4n) is 2.81. The lowest BCUT2D eigenvalue weighted by Crippen LogP contribution is -2.15. The second-order valence-corrected chi connectivity index (χ2v) is 5.37. The zero-order valence-corrected chi connectivity index (χ0v) is 12.0. The third-order valence-corrected chi connectivity index (χ3v) is 3.82. The molecular weight excluding hydrogens is 283 g/mol. The minimum absolute atomic E-state index is 0.0643. The number of carbonyl (C=O) groups is 1. The molecule has 22 heavy (non-hydrogen) atoms. The highest BCUT2D eigenvalue weighted by molar-refractivity contribution is 5.91. The number of carbonyl (C=O) groups excluding carboxylic acids is 1. The maximum atomic E-state index is 13.4. The molecular formula is C17H17FN2O2. The molecule has 2 aromatic rings. The van der Waals surface area contributed by atoms with Gasteiger partial charge < -0.3 is 15.7 Å². The van der Waals surface area contributed by atoms with Crippen LogP contribution in [-0.4, -0.2) is 17.6 Å². The quantitative estimate of drug-likeness (QED) is 0.813. The topological polar surface area (TPSA) is 61.4 Å². The second kappa shape index (κ2) is 6.15. The van der Waals surface area contributed by atoms with E-state index < -0.39 is 12.5 Å². The van der Waals surface area contributed by atoms with Gasteiger partial charge in [-0.1, -0.05) is 12.1 Å². The van der Waals surface area contributed by atoms with Crippen LogP contribution in [0.25, 0.3) is 0 Å². The summed E-state index contributed by atoms with van der Waals surface area (Å²) in [5.74, 6) is -0.679. The van der Waals surface area contributed by atoms with Crippen LogP contribution in [-0.2, 0) is 11.2 Å². The molecule has 0 spiro atoms. The van der Waals surface area contributed by atoms with Crippen molar-refractivity contribution < 1.29 is 14.3 Å². The van der Waals surface area contributed by atoms with E-state index in [-0.39, 0.29) is 11.9 Å². The molecule has 1 amide bonds. The van der Waals surface area contributed by atoms with E-state index in [9.17, 15) is 9.18 Å². The summed E-state index contributed by atoms with van der Waals surface area (Å²) in [7, 11) is 0. The molecule has 0 saturated carbocycles. The summed E-state index contributed by atoms with van der Waals surface area (Å²) < 4.78 is 13.4. The Labute approximate surface area is 128 Å². The van der Waals surface area contributed by atoms with E-state index in [1.165, 1.54) is 11.6 Å². The molecule has 114 valence electrons. The van der Waals surface area contributed by atoms with E-state index in [2.05, 4.69) is 10.6 Å². The predicted octanol–water partition coefficient (Wildman–Crippen LogP) is 2.86. The fraction of sp³-hybridized carbons (Fsp3) is 0.235. The molecule has 0 saturated heterocycles. The monoisotopic (exact) mass is 300 g/mol. The number of rotatable bonds is 4. The van der Waals surface area contributed by atoms with Crippen molar-refractivity contribution in [3.05, 3.63) is 59.4 Å². The van der Waals surface area contributed by atoms with Gasteiger partial charge in [-0.05, 0) is 54.3 Å². The van der Waals surface area contributed by atoms with E-state index in [1.54, 1.807) is 18.2 Å². The summed E-state index contributed by atoms with van der Waals surface area (Å²) in [6.07, 6.45) is 1.83. The van der Waals surface area contributed by atoms with Crippen molar-refractivity contribution in [1.29, 1.82) is 0 Å². The molecule has 5 heteroatoms. The van der Waals surface area contributed by atoms with Crippen LogP contribution in [0, 0.1) is 5.82 Å². The van der Waals surface area contributed by atoms with Gasteiger partial charge in [0.15, 0.2) is 0 Å². The number of benzene rings is 2. The van der Waals surface area contributed by atoms with Gasteiger partial charge in [0.25, 0.3) is 0 Å². The maximum Gasteiger partial charge on any atom is 0.250 e. The SMILES string of the molecule is O=C(CO)Nc1cccc(NC2CCc3ccc(F)cc32)c1. The molecule has 2 aromatic carbocycles. The van der Waals surface area contributed by atoms with Crippen LogP contribution in [0.1, 0.15) is 23.6 Å². The first-order valence-electron chi connectivity index (χ1n) is 7.21. The molecule has 0 heterocycles. The average molecular weight is 300 g/mol. The van der Waals surface area contributed by atoms with Gasteiger partial charge in [0.05, 0.1) is 6.04 Å². The summed E-state index contributed by atoms with van der Waals surface area (Å²) in [5.41, 5.74) is 3.62. The zero-order valence-electron chi connectivity index (χ0n) is 12.0. The van der Waals surface area contributed by atoms with Crippen molar-refractivity contribution in [3.8, 4) is 0 Å². The van der Waals surface area contributed by atoms with E-state index in [0.717, 1.165) is 24.1 Å². The Morgan fingerprint density at radius 3 is 2.86 bits per heavy atom. The van der Waals surface area contributed by atoms with E-state index in [0.29, 0.717) is 5.69 Å². The number of aliphatic hydroxyl groups is 1. The number of hydrogen-bond acceptors (Lipinski definition) is 3. The molecule has 0 fully saturated rings. The average Bonchev–Trinajstić information content (AvgIpc) is 2.90. The van der Waals surface area contributed by atoms with Crippen molar-refractivity contribution in [2.45, 2.75) is 18.9 Å². The Morgan fingerprint density at radius 1 is 1.23 bits per heavy atom. The predicted molar refractivity (Wildman–Crippen MR) is 83.2 cm³/mol. The Bertz CT molecular complexity index is 703. The van der Waals surface area contributed by atoms with Gasteiger partial charge in [-0.2, -0.15) is 0 Å². The van der Waals surface area contributed by atoms with Gasteiger partial charge in [0.1, 0.15) is 12.4 Å². The molecule has 3 rings (SSSR count). The van der Waals surface area contributed by atoms with Crippen molar-refractivity contribution in [2.75, 3.05) is 17.2 Å². The third kappa shape index (κ3) is 3.09. The Morgan fingerprint density at radius 2 is 2.05 bits per heavy atom. The van der Waals surface area contributed by atoms with Gasteiger partial charge in [-0.3, -0.25) is 4.79 Å². The van der Waals surface area contributed by atoms with Crippen LogP contribution in [0.5, 0.6) is 0 Å². The number of hydrogen-bond donors (Lipinski definition) is 3. The summed E-state index contributed by atoms with van der Waals surface area (Å²) in [6.45, 7) is -0.549. The maximum absolute atomic E-state index is 13.4. The normalized spacial score (nSPS) is 16.2. The molecule has 1 aliphatic rings. The van der Waals surface area contributed by atoms with Gasteiger partial charge >= 0.3 is 0 Å². The molecule has 0 aliphatic heterocycles. The van der Waals surface area contributed by atoms with Crippen LogP contribution in [0.3, 0.4) is 0 Å². The Hall–Kier alpha value is -2.40. The van der Waals surface area contributed by atoms with Gasteiger partial charge in [-0.15, -0.1) is 0 Å². The first-order valence-corrected chi connectivity index (χ1v) is 7.21. The van der Waals surface area contributed by atoms with Crippen LogP contribution < -0.4 is 10.6 Å². The van der Waals surface area contributed by atoms with Crippen molar-refractivity contribution in [1.82, 2.24) is 0 Å².